The Balaban J connectivity index is 2.24. The molecule has 2 aromatic rings. The average molecular weight is 277 g/mol. The third kappa shape index (κ3) is 2.96. The van der Waals surface area contributed by atoms with Gasteiger partial charge in [0, 0.05) is 12.6 Å². The minimum absolute atomic E-state index is 0.232. The SMILES string of the molecule is COC(=O)CSc1nnc(-c2ccccc2C)n1C. The molecule has 19 heavy (non-hydrogen) atoms. The lowest BCUT2D eigenvalue weighted by Gasteiger charge is -2.05. The molecule has 100 valence electrons. The number of rotatable bonds is 4. The largest absolute Gasteiger partial charge is 0.468 e. The number of methoxy groups -OCH3 is 1. The summed E-state index contributed by atoms with van der Waals surface area (Å²) in [6, 6.07) is 8.00. The van der Waals surface area contributed by atoms with Crippen molar-refractivity contribution in [3.05, 3.63) is 29.8 Å². The molecule has 0 aliphatic rings. The van der Waals surface area contributed by atoms with Crippen LogP contribution in [0.25, 0.3) is 11.4 Å². The molecule has 0 bridgehead atoms. The highest BCUT2D eigenvalue weighted by Crippen LogP contribution is 2.24. The van der Waals surface area contributed by atoms with E-state index in [-0.39, 0.29) is 11.7 Å². The van der Waals surface area contributed by atoms with Gasteiger partial charge in [-0.1, -0.05) is 36.0 Å². The molecule has 0 fully saturated rings. The molecule has 1 aromatic carbocycles. The smallest absolute Gasteiger partial charge is 0.316 e. The molecule has 0 amide bonds. The fourth-order valence-corrected chi connectivity index (χ4v) is 2.42. The van der Waals surface area contributed by atoms with Crippen LogP contribution in [0.3, 0.4) is 0 Å². The van der Waals surface area contributed by atoms with E-state index in [2.05, 4.69) is 14.9 Å². The van der Waals surface area contributed by atoms with E-state index in [0.29, 0.717) is 5.16 Å². The van der Waals surface area contributed by atoms with Gasteiger partial charge in [0.1, 0.15) is 0 Å². The molecule has 0 spiro atoms. The summed E-state index contributed by atoms with van der Waals surface area (Å²) >= 11 is 1.32. The molecule has 0 radical (unpaired) electrons. The van der Waals surface area contributed by atoms with Gasteiger partial charge in [-0.05, 0) is 12.5 Å². The number of hydrogen-bond acceptors (Lipinski definition) is 5. The summed E-state index contributed by atoms with van der Waals surface area (Å²) < 4.78 is 6.49. The summed E-state index contributed by atoms with van der Waals surface area (Å²) in [4.78, 5) is 11.1. The van der Waals surface area contributed by atoms with Crippen molar-refractivity contribution in [3.63, 3.8) is 0 Å². The van der Waals surface area contributed by atoms with Crippen LogP contribution in [0.1, 0.15) is 5.56 Å². The quantitative estimate of drug-likeness (QED) is 0.632. The fraction of sp³-hybridized carbons (Fsp3) is 0.308. The van der Waals surface area contributed by atoms with E-state index in [1.807, 2.05) is 42.8 Å². The van der Waals surface area contributed by atoms with Crippen LogP contribution in [0, 0.1) is 6.92 Å². The second kappa shape index (κ2) is 5.88. The Morgan fingerprint density at radius 1 is 1.37 bits per heavy atom. The summed E-state index contributed by atoms with van der Waals surface area (Å²) in [7, 11) is 3.26. The molecular formula is C13H15N3O2S. The number of aromatic nitrogens is 3. The monoisotopic (exact) mass is 277 g/mol. The van der Waals surface area contributed by atoms with Gasteiger partial charge in [0.2, 0.25) is 0 Å². The van der Waals surface area contributed by atoms with E-state index >= 15 is 0 Å². The topological polar surface area (TPSA) is 57.0 Å². The molecular weight excluding hydrogens is 262 g/mol. The maximum atomic E-state index is 11.1. The molecule has 0 saturated heterocycles. The van der Waals surface area contributed by atoms with Gasteiger partial charge in [0.25, 0.3) is 0 Å². The first-order valence-electron chi connectivity index (χ1n) is 5.78. The van der Waals surface area contributed by atoms with Crippen molar-refractivity contribution >= 4 is 17.7 Å². The second-order valence-electron chi connectivity index (χ2n) is 4.04. The zero-order valence-corrected chi connectivity index (χ0v) is 11.9. The third-order valence-electron chi connectivity index (χ3n) is 2.77. The molecule has 0 saturated carbocycles. The van der Waals surface area contributed by atoms with Crippen molar-refractivity contribution in [2.75, 3.05) is 12.9 Å². The zero-order valence-electron chi connectivity index (χ0n) is 11.1. The van der Waals surface area contributed by atoms with Crippen molar-refractivity contribution in [3.8, 4) is 11.4 Å². The van der Waals surface area contributed by atoms with Crippen LogP contribution in [0.5, 0.6) is 0 Å². The highest BCUT2D eigenvalue weighted by atomic mass is 32.2. The Labute approximate surface area is 116 Å². The zero-order chi connectivity index (χ0) is 13.8. The van der Waals surface area contributed by atoms with E-state index in [1.54, 1.807) is 0 Å². The molecule has 6 heteroatoms. The van der Waals surface area contributed by atoms with Gasteiger partial charge in [-0.25, -0.2) is 0 Å². The van der Waals surface area contributed by atoms with Crippen LogP contribution in [0.4, 0.5) is 0 Å². The van der Waals surface area contributed by atoms with Crippen LogP contribution in [0.2, 0.25) is 0 Å². The molecule has 1 aromatic heterocycles. The maximum Gasteiger partial charge on any atom is 0.316 e. The average Bonchev–Trinajstić information content (AvgIpc) is 2.78. The fourth-order valence-electron chi connectivity index (χ4n) is 1.68. The number of carbonyl (C=O) groups is 1. The van der Waals surface area contributed by atoms with Gasteiger partial charge in [-0.15, -0.1) is 10.2 Å². The summed E-state index contributed by atoms with van der Waals surface area (Å²) in [5, 5.41) is 9.00. The number of hydrogen-bond donors (Lipinski definition) is 0. The number of benzene rings is 1. The third-order valence-corrected chi connectivity index (χ3v) is 3.76. The molecule has 2 rings (SSSR count). The Morgan fingerprint density at radius 2 is 2.11 bits per heavy atom. The van der Waals surface area contributed by atoms with E-state index < -0.39 is 0 Å². The van der Waals surface area contributed by atoms with Gasteiger partial charge in [0.05, 0.1) is 12.9 Å². The van der Waals surface area contributed by atoms with Gasteiger partial charge in [0.15, 0.2) is 11.0 Å². The molecule has 0 unspecified atom stereocenters. The minimum Gasteiger partial charge on any atom is -0.468 e. The lowest BCUT2D eigenvalue weighted by atomic mass is 10.1. The van der Waals surface area contributed by atoms with Gasteiger partial charge in [-0.3, -0.25) is 4.79 Å². The number of carbonyl (C=O) groups excluding carboxylic acids is 1. The first kappa shape index (κ1) is 13.6. The van der Waals surface area contributed by atoms with Crippen molar-refractivity contribution in [1.82, 2.24) is 14.8 Å². The molecule has 0 aliphatic heterocycles. The predicted molar refractivity (Wildman–Crippen MR) is 73.9 cm³/mol. The minimum atomic E-state index is -0.273. The van der Waals surface area contributed by atoms with Gasteiger partial charge < -0.3 is 9.30 Å². The molecule has 0 atom stereocenters. The van der Waals surface area contributed by atoms with Crippen LogP contribution in [-0.2, 0) is 16.6 Å². The summed E-state index contributed by atoms with van der Waals surface area (Å²) in [6.45, 7) is 2.03. The number of ether oxygens (including phenoxy) is 1. The normalized spacial score (nSPS) is 10.5. The van der Waals surface area contributed by atoms with Crippen LogP contribution in [0.15, 0.2) is 29.4 Å². The van der Waals surface area contributed by atoms with E-state index in [0.717, 1.165) is 17.0 Å². The number of aryl methyl sites for hydroxylation is 1. The van der Waals surface area contributed by atoms with E-state index in [1.165, 1.54) is 18.9 Å². The Hall–Kier alpha value is -1.82. The Bertz CT molecular complexity index is 595. The van der Waals surface area contributed by atoms with Crippen molar-refractivity contribution in [2.24, 2.45) is 7.05 Å². The first-order chi connectivity index (χ1) is 9.13. The van der Waals surface area contributed by atoms with E-state index in [4.69, 9.17) is 0 Å². The highest BCUT2D eigenvalue weighted by molar-refractivity contribution is 7.99. The highest BCUT2D eigenvalue weighted by Gasteiger charge is 2.13. The van der Waals surface area contributed by atoms with Crippen molar-refractivity contribution < 1.29 is 9.53 Å². The number of esters is 1. The molecule has 1 heterocycles. The van der Waals surface area contributed by atoms with Crippen LogP contribution in [-0.4, -0.2) is 33.6 Å². The lowest BCUT2D eigenvalue weighted by molar-refractivity contribution is -0.137. The first-order valence-corrected chi connectivity index (χ1v) is 6.77. The second-order valence-corrected chi connectivity index (χ2v) is 4.99. The predicted octanol–water partition coefficient (Wildman–Crippen LogP) is 2.06. The number of nitrogens with zero attached hydrogens (tertiary/aromatic N) is 3. The molecule has 0 aliphatic carbocycles. The lowest BCUT2D eigenvalue weighted by Crippen LogP contribution is -2.04. The number of thioether (sulfide) groups is 1. The summed E-state index contributed by atoms with van der Waals surface area (Å²) in [5.74, 6) is 0.756. The van der Waals surface area contributed by atoms with Gasteiger partial charge >= 0.3 is 5.97 Å². The van der Waals surface area contributed by atoms with Crippen LogP contribution < -0.4 is 0 Å². The molecule has 0 N–H and O–H groups in total. The molecule has 5 nitrogen and oxygen atoms in total. The Morgan fingerprint density at radius 3 is 2.79 bits per heavy atom. The van der Waals surface area contributed by atoms with E-state index in [9.17, 15) is 4.79 Å². The summed E-state index contributed by atoms with van der Waals surface area (Å²) in [5.41, 5.74) is 2.19. The van der Waals surface area contributed by atoms with Crippen LogP contribution >= 0.6 is 11.8 Å². The summed E-state index contributed by atoms with van der Waals surface area (Å²) in [6.07, 6.45) is 0. The maximum absolute atomic E-state index is 11.1. The van der Waals surface area contributed by atoms with Gasteiger partial charge in [-0.2, -0.15) is 0 Å². The standard InChI is InChI=1S/C13H15N3O2S/c1-9-6-4-5-7-10(9)12-14-15-13(16(12)2)19-8-11(17)18-3/h4-7H,8H2,1-3H3. The van der Waals surface area contributed by atoms with Crippen molar-refractivity contribution in [2.45, 2.75) is 12.1 Å². The van der Waals surface area contributed by atoms with Crippen molar-refractivity contribution in [1.29, 1.82) is 0 Å². The Kier molecular flexibility index (Phi) is 4.21.